The first kappa shape index (κ1) is 13.3. The minimum Gasteiger partial charge on any atom is -0.371 e. The van der Waals surface area contributed by atoms with Crippen molar-refractivity contribution in [2.75, 3.05) is 18.5 Å². The molecule has 0 saturated heterocycles. The average molecular weight is 250 g/mol. The van der Waals surface area contributed by atoms with Crippen LogP contribution in [0, 0.1) is 11.7 Å². The van der Waals surface area contributed by atoms with Crippen LogP contribution < -0.4 is 10.6 Å². The van der Waals surface area contributed by atoms with Gasteiger partial charge in [0.2, 0.25) is 0 Å². The summed E-state index contributed by atoms with van der Waals surface area (Å²) in [6.45, 7) is 0.728. The van der Waals surface area contributed by atoms with Crippen LogP contribution in [-0.2, 0) is 0 Å². The Labute approximate surface area is 109 Å². The summed E-state index contributed by atoms with van der Waals surface area (Å²) < 4.78 is 13.7. The number of para-hydroxylation sites is 1. The predicted molar refractivity (Wildman–Crippen MR) is 74.2 cm³/mol. The Bertz CT molecular complexity index is 375. The Morgan fingerprint density at radius 3 is 2.61 bits per heavy atom. The van der Waals surface area contributed by atoms with Crippen LogP contribution in [0.2, 0.25) is 0 Å². The van der Waals surface area contributed by atoms with Gasteiger partial charge >= 0.3 is 0 Å². The molecule has 2 N–H and O–H groups in total. The van der Waals surface area contributed by atoms with Gasteiger partial charge in [-0.15, -0.1) is 0 Å². The number of halogens is 1. The molecule has 1 unspecified atom stereocenters. The Hall–Kier alpha value is -1.09. The van der Waals surface area contributed by atoms with Crippen LogP contribution >= 0.6 is 0 Å². The van der Waals surface area contributed by atoms with Gasteiger partial charge in [0.15, 0.2) is 0 Å². The maximum atomic E-state index is 13.7. The lowest BCUT2D eigenvalue weighted by Crippen LogP contribution is -2.41. The summed E-state index contributed by atoms with van der Waals surface area (Å²) in [5.74, 6) is 0.434. The maximum Gasteiger partial charge on any atom is 0.146 e. The van der Waals surface area contributed by atoms with E-state index in [0.717, 1.165) is 6.54 Å². The molecule has 18 heavy (non-hydrogen) atoms. The van der Waals surface area contributed by atoms with Gasteiger partial charge < -0.3 is 10.6 Å². The molecular weight excluding hydrogens is 227 g/mol. The van der Waals surface area contributed by atoms with Crippen molar-refractivity contribution >= 4 is 5.69 Å². The van der Waals surface area contributed by atoms with Crippen molar-refractivity contribution in [3.05, 3.63) is 30.1 Å². The van der Waals surface area contributed by atoms with E-state index >= 15 is 0 Å². The molecule has 1 aromatic carbocycles. The SMILES string of the molecule is CN(CC(N)C1CCCCC1)c1ccccc1F. The third-order valence-electron chi connectivity index (χ3n) is 4.00. The number of hydrogen-bond acceptors (Lipinski definition) is 2. The van der Waals surface area contributed by atoms with Gasteiger partial charge in [-0.1, -0.05) is 31.4 Å². The van der Waals surface area contributed by atoms with E-state index < -0.39 is 0 Å². The molecule has 0 amide bonds. The summed E-state index contributed by atoms with van der Waals surface area (Å²) in [4.78, 5) is 1.94. The molecule has 0 radical (unpaired) electrons. The molecule has 3 heteroatoms. The van der Waals surface area contributed by atoms with Crippen molar-refractivity contribution in [3.8, 4) is 0 Å². The van der Waals surface area contributed by atoms with Crippen LogP contribution in [0.5, 0.6) is 0 Å². The summed E-state index contributed by atoms with van der Waals surface area (Å²) in [6, 6.07) is 7.03. The summed E-state index contributed by atoms with van der Waals surface area (Å²) in [6.07, 6.45) is 6.38. The highest BCUT2D eigenvalue weighted by Crippen LogP contribution is 2.27. The Morgan fingerprint density at radius 1 is 1.28 bits per heavy atom. The van der Waals surface area contributed by atoms with Crippen molar-refractivity contribution in [1.29, 1.82) is 0 Å². The van der Waals surface area contributed by atoms with Gasteiger partial charge in [-0.3, -0.25) is 0 Å². The van der Waals surface area contributed by atoms with Gasteiger partial charge in [0.25, 0.3) is 0 Å². The molecule has 1 aliphatic rings. The molecule has 2 rings (SSSR count). The molecular formula is C15H23FN2. The third-order valence-corrected chi connectivity index (χ3v) is 4.00. The fourth-order valence-electron chi connectivity index (χ4n) is 2.89. The fraction of sp³-hybridized carbons (Fsp3) is 0.600. The molecule has 0 bridgehead atoms. The van der Waals surface area contributed by atoms with Crippen LogP contribution in [0.15, 0.2) is 24.3 Å². The van der Waals surface area contributed by atoms with Crippen LogP contribution in [0.3, 0.4) is 0 Å². The van der Waals surface area contributed by atoms with Crippen molar-refractivity contribution in [2.45, 2.75) is 38.1 Å². The number of nitrogens with two attached hydrogens (primary N) is 1. The van der Waals surface area contributed by atoms with E-state index in [0.29, 0.717) is 11.6 Å². The third kappa shape index (κ3) is 3.22. The Kier molecular flexibility index (Phi) is 4.59. The van der Waals surface area contributed by atoms with Gasteiger partial charge in [0.05, 0.1) is 5.69 Å². The van der Waals surface area contributed by atoms with E-state index in [1.807, 2.05) is 24.1 Å². The summed E-state index contributed by atoms with van der Waals surface area (Å²) in [5.41, 5.74) is 6.92. The second kappa shape index (κ2) is 6.19. The normalized spacial score (nSPS) is 18.6. The number of benzene rings is 1. The first-order valence-corrected chi connectivity index (χ1v) is 6.89. The fourth-order valence-corrected chi connectivity index (χ4v) is 2.89. The molecule has 0 aliphatic heterocycles. The van der Waals surface area contributed by atoms with Crippen molar-refractivity contribution in [1.82, 2.24) is 0 Å². The van der Waals surface area contributed by atoms with E-state index in [4.69, 9.17) is 5.73 Å². The number of anilines is 1. The molecule has 1 atom stereocenters. The van der Waals surface area contributed by atoms with E-state index in [2.05, 4.69) is 0 Å². The van der Waals surface area contributed by atoms with Crippen molar-refractivity contribution < 1.29 is 4.39 Å². The van der Waals surface area contributed by atoms with Gasteiger partial charge in [-0.05, 0) is 30.9 Å². The smallest absolute Gasteiger partial charge is 0.146 e. The zero-order valence-electron chi connectivity index (χ0n) is 11.1. The highest BCUT2D eigenvalue weighted by atomic mass is 19.1. The molecule has 1 fully saturated rings. The van der Waals surface area contributed by atoms with Gasteiger partial charge in [0.1, 0.15) is 5.82 Å². The average Bonchev–Trinajstić information content (AvgIpc) is 2.40. The highest BCUT2D eigenvalue weighted by Gasteiger charge is 2.22. The van der Waals surface area contributed by atoms with Crippen molar-refractivity contribution in [3.63, 3.8) is 0 Å². The summed E-state index contributed by atoms with van der Waals surface area (Å²) in [5, 5.41) is 0. The molecule has 0 aromatic heterocycles. The van der Waals surface area contributed by atoms with E-state index in [1.165, 1.54) is 38.2 Å². The maximum absolute atomic E-state index is 13.7. The second-order valence-electron chi connectivity index (χ2n) is 5.39. The summed E-state index contributed by atoms with van der Waals surface area (Å²) >= 11 is 0. The first-order valence-electron chi connectivity index (χ1n) is 6.89. The lowest BCUT2D eigenvalue weighted by molar-refractivity contribution is 0.306. The monoisotopic (exact) mass is 250 g/mol. The predicted octanol–water partition coefficient (Wildman–Crippen LogP) is 3.17. The number of hydrogen-bond donors (Lipinski definition) is 1. The quantitative estimate of drug-likeness (QED) is 0.889. The van der Waals surface area contributed by atoms with Crippen LogP contribution in [0.1, 0.15) is 32.1 Å². The van der Waals surface area contributed by atoms with Crippen LogP contribution in [0.25, 0.3) is 0 Å². The lowest BCUT2D eigenvalue weighted by Gasteiger charge is -2.31. The van der Waals surface area contributed by atoms with Crippen molar-refractivity contribution in [2.24, 2.45) is 11.7 Å². The van der Waals surface area contributed by atoms with E-state index in [9.17, 15) is 4.39 Å². The molecule has 100 valence electrons. The number of rotatable bonds is 4. The Morgan fingerprint density at radius 2 is 1.94 bits per heavy atom. The zero-order chi connectivity index (χ0) is 13.0. The van der Waals surface area contributed by atoms with Crippen LogP contribution in [-0.4, -0.2) is 19.6 Å². The highest BCUT2D eigenvalue weighted by molar-refractivity contribution is 5.46. The van der Waals surface area contributed by atoms with Crippen LogP contribution in [0.4, 0.5) is 10.1 Å². The molecule has 1 aliphatic carbocycles. The first-order chi connectivity index (χ1) is 8.68. The number of nitrogens with zero attached hydrogens (tertiary/aromatic N) is 1. The van der Waals surface area contributed by atoms with Gasteiger partial charge in [-0.25, -0.2) is 4.39 Å². The lowest BCUT2D eigenvalue weighted by atomic mass is 9.84. The Balaban J connectivity index is 1.94. The topological polar surface area (TPSA) is 29.3 Å². The van der Waals surface area contributed by atoms with E-state index in [1.54, 1.807) is 6.07 Å². The molecule has 0 heterocycles. The second-order valence-corrected chi connectivity index (χ2v) is 5.39. The summed E-state index contributed by atoms with van der Waals surface area (Å²) in [7, 11) is 1.92. The number of likely N-dealkylation sites (N-methyl/N-ethyl adjacent to an activating group) is 1. The minimum absolute atomic E-state index is 0.148. The molecule has 2 nitrogen and oxygen atoms in total. The largest absolute Gasteiger partial charge is 0.371 e. The minimum atomic E-state index is -0.171. The molecule has 1 saturated carbocycles. The molecule has 0 spiro atoms. The standard InChI is InChI=1S/C15H23FN2/c1-18(15-10-6-5-9-13(15)16)11-14(17)12-7-3-2-4-8-12/h5-6,9-10,12,14H,2-4,7-8,11,17H2,1H3. The molecule has 1 aromatic rings. The van der Waals surface area contributed by atoms with E-state index in [-0.39, 0.29) is 11.9 Å². The zero-order valence-corrected chi connectivity index (χ0v) is 11.1. The van der Waals surface area contributed by atoms with Gasteiger partial charge in [-0.2, -0.15) is 0 Å². The van der Waals surface area contributed by atoms with Gasteiger partial charge in [0, 0.05) is 19.6 Å².